The first-order valence-corrected chi connectivity index (χ1v) is 6.78. The largest absolute Gasteiger partial charge is 0.466 e. The van der Waals surface area contributed by atoms with Crippen molar-refractivity contribution >= 4 is 17.0 Å². The normalized spacial score (nSPS) is 10.6. The molecule has 94 valence electrons. The van der Waals surface area contributed by atoms with Crippen LogP contribution in [0, 0.1) is 25.2 Å². The van der Waals surface area contributed by atoms with Crippen LogP contribution in [0.2, 0.25) is 0 Å². The first kappa shape index (κ1) is 12.7. The van der Waals surface area contributed by atoms with Gasteiger partial charge in [0.05, 0.1) is 5.69 Å². The van der Waals surface area contributed by atoms with Crippen LogP contribution < -0.4 is 5.73 Å². The molecule has 0 unspecified atom stereocenters. The summed E-state index contributed by atoms with van der Waals surface area (Å²) >= 11 is 1.46. The molecule has 0 bridgehead atoms. The number of nitriles is 1. The summed E-state index contributed by atoms with van der Waals surface area (Å²) in [5.74, 6) is 1.77. The van der Waals surface area contributed by atoms with Crippen molar-refractivity contribution in [1.82, 2.24) is 0 Å². The molecule has 2 aromatic heterocycles. The van der Waals surface area contributed by atoms with Crippen molar-refractivity contribution in [2.45, 2.75) is 33.6 Å². The number of nitrogens with zero attached hydrogens (tertiary/aromatic N) is 1. The molecule has 0 aliphatic carbocycles. The van der Waals surface area contributed by atoms with Gasteiger partial charge in [-0.25, -0.2) is 0 Å². The van der Waals surface area contributed by atoms with Gasteiger partial charge in [-0.15, -0.1) is 11.3 Å². The van der Waals surface area contributed by atoms with E-state index in [1.54, 1.807) is 0 Å². The predicted octanol–water partition coefficient (Wildman–Crippen LogP) is 4.03. The van der Waals surface area contributed by atoms with Crippen LogP contribution in [0.15, 0.2) is 10.5 Å². The molecule has 3 nitrogen and oxygen atoms in total. The lowest BCUT2D eigenvalue weighted by Gasteiger charge is -2.02. The van der Waals surface area contributed by atoms with Gasteiger partial charge in [-0.05, 0) is 31.9 Å². The van der Waals surface area contributed by atoms with E-state index in [4.69, 9.17) is 15.4 Å². The Labute approximate surface area is 111 Å². The van der Waals surface area contributed by atoms with Crippen LogP contribution in [0.3, 0.4) is 0 Å². The Balaban J connectivity index is 2.63. The molecule has 2 rings (SSSR count). The predicted molar refractivity (Wildman–Crippen MR) is 74.6 cm³/mol. The average molecular weight is 260 g/mol. The maximum atomic E-state index is 9.10. The Morgan fingerprint density at radius 3 is 2.67 bits per heavy atom. The van der Waals surface area contributed by atoms with Crippen LogP contribution in [0.25, 0.3) is 10.4 Å². The molecular weight excluding hydrogens is 244 g/mol. The number of aryl methyl sites for hydroxylation is 2. The number of hydrogen-bond acceptors (Lipinski definition) is 4. The molecule has 2 aromatic rings. The molecule has 0 radical (unpaired) electrons. The Kier molecular flexibility index (Phi) is 3.44. The second-order valence-corrected chi connectivity index (χ2v) is 5.36. The lowest BCUT2D eigenvalue weighted by atomic mass is 10.0. The highest BCUT2D eigenvalue weighted by molar-refractivity contribution is 7.16. The minimum Gasteiger partial charge on any atom is -0.466 e. The van der Waals surface area contributed by atoms with Gasteiger partial charge in [0.15, 0.2) is 0 Å². The minimum absolute atomic E-state index is 0.603. The minimum atomic E-state index is 0.603. The molecule has 0 spiro atoms. The van der Waals surface area contributed by atoms with E-state index in [1.807, 2.05) is 19.9 Å². The first-order valence-electron chi connectivity index (χ1n) is 5.97. The summed E-state index contributed by atoms with van der Waals surface area (Å²) in [5, 5.41) is 9.10. The van der Waals surface area contributed by atoms with Crippen molar-refractivity contribution in [1.29, 1.82) is 5.26 Å². The van der Waals surface area contributed by atoms with Crippen LogP contribution in [-0.4, -0.2) is 0 Å². The third kappa shape index (κ3) is 2.02. The van der Waals surface area contributed by atoms with Crippen LogP contribution >= 0.6 is 11.3 Å². The highest BCUT2D eigenvalue weighted by Gasteiger charge is 2.19. The van der Waals surface area contributed by atoms with Gasteiger partial charge >= 0.3 is 0 Å². The van der Waals surface area contributed by atoms with Gasteiger partial charge in [0.25, 0.3) is 0 Å². The number of rotatable bonds is 3. The van der Waals surface area contributed by atoms with E-state index in [1.165, 1.54) is 11.3 Å². The molecule has 0 amide bonds. The van der Waals surface area contributed by atoms with Gasteiger partial charge in [0.2, 0.25) is 0 Å². The molecule has 0 fully saturated rings. The fraction of sp³-hybridized carbons (Fsp3) is 0.357. The molecular formula is C14H16N2OS. The summed E-state index contributed by atoms with van der Waals surface area (Å²) < 4.78 is 5.57. The van der Waals surface area contributed by atoms with Gasteiger partial charge in [-0.1, -0.05) is 13.3 Å². The van der Waals surface area contributed by atoms with Crippen molar-refractivity contribution in [3.8, 4) is 16.5 Å². The smallest absolute Gasteiger partial charge is 0.128 e. The van der Waals surface area contributed by atoms with Crippen molar-refractivity contribution in [2.24, 2.45) is 0 Å². The lowest BCUT2D eigenvalue weighted by molar-refractivity contribution is 0.505. The highest BCUT2D eigenvalue weighted by Crippen LogP contribution is 2.41. The quantitative estimate of drug-likeness (QED) is 0.906. The molecule has 0 aliphatic rings. The summed E-state index contributed by atoms with van der Waals surface area (Å²) in [4.78, 5) is 1.69. The Morgan fingerprint density at radius 1 is 1.44 bits per heavy atom. The maximum Gasteiger partial charge on any atom is 0.128 e. The van der Waals surface area contributed by atoms with E-state index in [0.29, 0.717) is 10.6 Å². The van der Waals surface area contributed by atoms with E-state index in [9.17, 15) is 0 Å². The first-order chi connectivity index (χ1) is 8.58. The van der Waals surface area contributed by atoms with Crippen LogP contribution in [0.4, 0.5) is 5.69 Å². The SMILES string of the molecule is CCCc1c(-c2cc(C)oc2C)sc(C#N)c1N. The molecule has 2 heterocycles. The second kappa shape index (κ2) is 4.87. The molecule has 0 saturated carbocycles. The highest BCUT2D eigenvalue weighted by atomic mass is 32.1. The van der Waals surface area contributed by atoms with E-state index >= 15 is 0 Å². The molecule has 0 aliphatic heterocycles. The number of hydrogen-bond donors (Lipinski definition) is 1. The zero-order chi connectivity index (χ0) is 13.3. The number of thiophene rings is 1. The fourth-order valence-corrected chi connectivity index (χ4v) is 3.26. The van der Waals surface area contributed by atoms with E-state index < -0.39 is 0 Å². The molecule has 0 aromatic carbocycles. The maximum absolute atomic E-state index is 9.10. The Bertz CT molecular complexity index is 617. The van der Waals surface area contributed by atoms with Gasteiger partial charge in [-0.2, -0.15) is 5.26 Å². The van der Waals surface area contributed by atoms with Gasteiger partial charge in [-0.3, -0.25) is 0 Å². The van der Waals surface area contributed by atoms with Gasteiger partial charge in [0, 0.05) is 10.4 Å². The number of anilines is 1. The summed E-state index contributed by atoms with van der Waals surface area (Å²) in [6.45, 7) is 5.98. The number of furan rings is 1. The molecule has 2 N–H and O–H groups in total. The number of nitrogens with two attached hydrogens (primary N) is 1. The summed E-state index contributed by atoms with van der Waals surface area (Å²) in [5.41, 5.74) is 8.84. The lowest BCUT2D eigenvalue weighted by Crippen LogP contribution is -1.93. The molecule has 18 heavy (non-hydrogen) atoms. The third-order valence-electron chi connectivity index (χ3n) is 2.94. The van der Waals surface area contributed by atoms with Crippen LogP contribution in [0.5, 0.6) is 0 Å². The van der Waals surface area contributed by atoms with Gasteiger partial charge < -0.3 is 10.2 Å². The van der Waals surface area contributed by atoms with E-state index in [-0.39, 0.29) is 0 Å². The van der Waals surface area contributed by atoms with E-state index in [2.05, 4.69) is 13.0 Å². The molecule has 0 atom stereocenters. The van der Waals surface area contributed by atoms with Crippen LogP contribution in [0.1, 0.15) is 35.3 Å². The van der Waals surface area contributed by atoms with Crippen molar-refractivity contribution in [3.05, 3.63) is 28.0 Å². The summed E-state index contributed by atoms with van der Waals surface area (Å²) in [7, 11) is 0. The summed E-state index contributed by atoms with van der Waals surface area (Å²) in [6.07, 6.45) is 1.90. The van der Waals surface area contributed by atoms with Crippen molar-refractivity contribution in [3.63, 3.8) is 0 Å². The third-order valence-corrected chi connectivity index (χ3v) is 4.12. The second-order valence-electron chi connectivity index (χ2n) is 4.34. The Hall–Kier alpha value is -1.73. The molecule has 0 saturated heterocycles. The summed E-state index contributed by atoms with van der Waals surface area (Å²) in [6, 6.07) is 4.19. The number of nitrogen functional groups attached to an aromatic ring is 1. The zero-order valence-corrected chi connectivity index (χ0v) is 11.6. The van der Waals surface area contributed by atoms with Crippen molar-refractivity contribution < 1.29 is 4.42 Å². The van der Waals surface area contributed by atoms with Gasteiger partial charge in [0.1, 0.15) is 22.5 Å². The zero-order valence-electron chi connectivity index (χ0n) is 10.8. The monoisotopic (exact) mass is 260 g/mol. The topological polar surface area (TPSA) is 63.0 Å². The van der Waals surface area contributed by atoms with Crippen molar-refractivity contribution in [2.75, 3.05) is 5.73 Å². The van der Waals surface area contributed by atoms with Crippen LogP contribution in [-0.2, 0) is 6.42 Å². The Morgan fingerprint density at radius 2 is 2.17 bits per heavy atom. The standard InChI is InChI=1S/C14H16N2OS/c1-4-5-10-13(16)12(7-15)18-14(10)11-6-8(2)17-9(11)3/h6H,4-5,16H2,1-3H3. The van der Waals surface area contributed by atoms with E-state index in [0.717, 1.165) is 40.4 Å². The fourth-order valence-electron chi connectivity index (χ4n) is 2.13. The average Bonchev–Trinajstić information content (AvgIpc) is 2.81. The molecule has 4 heteroatoms.